The molecule has 96 valence electrons. The van der Waals surface area contributed by atoms with Crippen LogP contribution < -0.4 is 11.1 Å². The Bertz CT molecular complexity index is 204. The van der Waals surface area contributed by atoms with Crippen LogP contribution in [0, 0.1) is 5.41 Å². The van der Waals surface area contributed by atoms with E-state index in [0.717, 1.165) is 26.0 Å². The Balaban J connectivity index is 2.33. The van der Waals surface area contributed by atoms with E-state index < -0.39 is 0 Å². The fraction of sp³-hybridized carbons (Fsp3) is 1.00. The summed E-state index contributed by atoms with van der Waals surface area (Å²) in [5.41, 5.74) is 6.17. The Hall–Kier alpha value is -0.120. The highest BCUT2D eigenvalue weighted by Crippen LogP contribution is 2.25. The molecule has 1 aliphatic rings. The Kier molecular flexibility index (Phi) is 4.77. The first-order valence-corrected chi connectivity index (χ1v) is 6.42. The van der Waals surface area contributed by atoms with Crippen LogP contribution in [0.5, 0.6) is 0 Å². The van der Waals surface area contributed by atoms with Crippen molar-refractivity contribution in [3.8, 4) is 0 Å². The molecule has 1 heterocycles. The van der Waals surface area contributed by atoms with E-state index in [9.17, 15) is 0 Å². The average Bonchev–Trinajstić information content (AvgIpc) is 2.58. The summed E-state index contributed by atoms with van der Waals surface area (Å²) in [6.07, 6.45) is 3.46. The molecule has 1 fully saturated rings. The quantitative estimate of drug-likeness (QED) is 0.755. The van der Waals surface area contributed by atoms with Gasteiger partial charge in [0.15, 0.2) is 0 Å². The molecule has 2 atom stereocenters. The van der Waals surface area contributed by atoms with E-state index in [0.29, 0.717) is 18.0 Å². The van der Waals surface area contributed by atoms with Crippen LogP contribution in [0.25, 0.3) is 0 Å². The van der Waals surface area contributed by atoms with Gasteiger partial charge in [0.05, 0.1) is 5.60 Å². The van der Waals surface area contributed by atoms with Crippen molar-refractivity contribution in [2.24, 2.45) is 11.1 Å². The molecule has 0 aliphatic carbocycles. The van der Waals surface area contributed by atoms with Crippen molar-refractivity contribution in [3.63, 3.8) is 0 Å². The van der Waals surface area contributed by atoms with E-state index in [1.165, 1.54) is 6.42 Å². The smallest absolute Gasteiger partial charge is 0.0779 e. The first kappa shape index (κ1) is 13.9. The lowest BCUT2D eigenvalue weighted by atomic mass is 9.88. The third-order valence-corrected chi connectivity index (χ3v) is 3.21. The second-order valence-corrected chi connectivity index (χ2v) is 6.48. The molecule has 0 bridgehead atoms. The van der Waals surface area contributed by atoms with Crippen molar-refractivity contribution in [1.82, 2.24) is 5.32 Å². The molecule has 1 saturated heterocycles. The number of hydrogen-bond acceptors (Lipinski definition) is 3. The van der Waals surface area contributed by atoms with E-state index in [-0.39, 0.29) is 5.60 Å². The maximum absolute atomic E-state index is 5.80. The second-order valence-electron chi connectivity index (χ2n) is 6.48. The van der Waals surface area contributed by atoms with E-state index in [1.54, 1.807) is 0 Å². The van der Waals surface area contributed by atoms with Crippen molar-refractivity contribution < 1.29 is 4.74 Å². The minimum absolute atomic E-state index is 0.0330. The zero-order valence-electron chi connectivity index (χ0n) is 11.3. The van der Waals surface area contributed by atoms with Crippen LogP contribution in [0.3, 0.4) is 0 Å². The Labute approximate surface area is 100 Å². The molecule has 3 nitrogen and oxygen atoms in total. The molecule has 0 aromatic carbocycles. The van der Waals surface area contributed by atoms with Crippen molar-refractivity contribution in [1.29, 1.82) is 0 Å². The van der Waals surface area contributed by atoms with E-state index >= 15 is 0 Å². The van der Waals surface area contributed by atoms with Crippen LogP contribution in [0.1, 0.15) is 47.0 Å². The lowest BCUT2D eigenvalue weighted by Crippen LogP contribution is -2.46. The van der Waals surface area contributed by atoms with Crippen molar-refractivity contribution in [2.45, 2.75) is 58.6 Å². The molecule has 0 aromatic rings. The summed E-state index contributed by atoms with van der Waals surface area (Å²) in [5, 5.41) is 3.56. The van der Waals surface area contributed by atoms with Gasteiger partial charge in [-0.2, -0.15) is 0 Å². The van der Waals surface area contributed by atoms with Gasteiger partial charge in [-0.3, -0.25) is 0 Å². The van der Waals surface area contributed by atoms with Gasteiger partial charge in [-0.15, -0.1) is 0 Å². The van der Waals surface area contributed by atoms with Crippen LogP contribution in [0.15, 0.2) is 0 Å². The highest BCUT2D eigenvalue weighted by Gasteiger charge is 2.30. The topological polar surface area (TPSA) is 47.3 Å². The number of rotatable bonds is 5. The molecule has 0 aromatic heterocycles. The number of ether oxygens (including phenoxy) is 1. The highest BCUT2D eigenvalue weighted by atomic mass is 16.5. The predicted octanol–water partition coefficient (Wildman–Crippen LogP) is 1.91. The van der Waals surface area contributed by atoms with Crippen molar-refractivity contribution in [3.05, 3.63) is 0 Å². The van der Waals surface area contributed by atoms with Gasteiger partial charge in [0, 0.05) is 25.7 Å². The molecule has 0 radical (unpaired) electrons. The Morgan fingerprint density at radius 3 is 2.56 bits per heavy atom. The molecule has 2 unspecified atom stereocenters. The molecule has 3 N–H and O–H groups in total. The van der Waals surface area contributed by atoms with Gasteiger partial charge >= 0.3 is 0 Å². The zero-order valence-corrected chi connectivity index (χ0v) is 11.3. The second kappa shape index (κ2) is 5.48. The van der Waals surface area contributed by atoms with E-state index in [2.05, 4.69) is 33.0 Å². The summed E-state index contributed by atoms with van der Waals surface area (Å²) in [5.74, 6) is 0. The zero-order chi connectivity index (χ0) is 12.2. The minimum Gasteiger partial charge on any atom is -0.374 e. The number of hydrogen-bond donors (Lipinski definition) is 2. The summed E-state index contributed by atoms with van der Waals surface area (Å²) in [6, 6.07) is 0.404. The normalized spacial score (nSPS) is 28.3. The molecule has 1 rings (SSSR count). The highest BCUT2D eigenvalue weighted by molar-refractivity contribution is 4.85. The molecular weight excluding hydrogens is 200 g/mol. The molecule has 0 spiro atoms. The molecular formula is C13H28N2O. The van der Waals surface area contributed by atoms with Gasteiger partial charge in [-0.1, -0.05) is 20.8 Å². The maximum atomic E-state index is 5.80. The van der Waals surface area contributed by atoms with Gasteiger partial charge in [-0.05, 0) is 31.6 Å². The average molecular weight is 228 g/mol. The lowest BCUT2D eigenvalue weighted by Gasteiger charge is -2.30. The summed E-state index contributed by atoms with van der Waals surface area (Å²) in [6.45, 7) is 11.5. The van der Waals surface area contributed by atoms with Gasteiger partial charge in [0.1, 0.15) is 0 Å². The lowest BCUT2D eigenvalue weighted by molar-refractivity contribution is 0.0179. The van der Waals surface area contributed by atoms with Gasteiger partial charge in [-0.25, -0.2) is 0 Å². The fourth-order valence-corrected chi connectivity index (χ4v) is 2.31. The van der Waals surface area contributed by atoms with Crippen LogP contribution in [0.2, 0.25) is 0 Å². The van der Waals surface area contributed by atoms with E-state index in [4.69, 9.17) is 10.5 Å². The molecule has 0 amide bonds. The van der Waals surface area contributed by atoms with Crippen molar-refractivity contribution in [2.75, 3.05) is 19.7 Å². The van der Waals surface area contributed by atoms with Crippen LogP contribution in [-0.2, 0) is 4.74 Å². The van der Waals surface area contributed by atoms with Crippen molar-refractivity contribution >= 4 is 0 Å². The Morgan fingerprint density at radius 1 is 1.44 bits per heavy atom. The van der Waals surface area contributed by atoms with Crippen LogP contribution in [-0.4, -0.2) is 31.3 Å². The summed E-state index contributed by atoms with van der Waals surface area (Å²) >= 11 is 0. The summed E-state index contributed by atoms with van der Waals surface area (Å²) < 4.78 is 5.76. The van der Waals surface area contributed by atoms with Crippen LogP contribution in [0.4, 0.5) is 0 Å². The molecule has 1 aliphatic heterocycles. The monoisotopic (exact) mass is 228 g/mol. The maximum Gasteiger partial charge on any atom is 0.0779 e. The van der Waals surface area contributed by atoms with Gasteiger partial charge in [0.2, 0.25) is 0 Å². The largest absolute Gasteiger partial charge is 0.374 e. The molecule has 3 heteroatoms. The SMILES string of the molecule is CC(C)(C)CC(CN)NCC1(C)CCCO1. The molecule has 0 saturated carbocycles. The third kappa shape index (κ3) is 4.81. The standard InChI is InChI=1S/C13H28N2O/c1-12(2,3)8-11(9-14)15-10-13(4)6-5-7-16-13/h11,15H,5-10,14H2,1-4H3. The Morgan fingerprint density at radius 2 is 2.12 bits per heavy atom. The van der Waals surface area contributed by atoms with Gasteiger partial charge < -0.3 is 15.8 Å². The summed E-state index contributed by atoms with van der Waals surface area (Å²) in [7, 11) is 0. The van der Waals surface area contributed by atoms with Crippen LogP contribution >= 0.6 is 0 Å². The first-order valence-electron chi connectivity index (χ1n) is 6.42. The summed E-state index contributed by atoms with van der Waals surface area (Å²) in [4.78, 5) is 0. The fourth-order valence-electron chi connectivity index (χ4n) is 2.31. The predicted molar refractivity (Wildman–Crippen MR) is 68.5 cm³/mol. The molecule has 16 heavy (non-hydrogen) atoms. The van der Waals surface area contributed by atoms with Gasteiger partial charge in [0.25, 0.3) is 0 Å². The number of nitrogens with one attached hydrogen (secondary N) is 1. The van der Waals surface area contributed by atoms with E-state index in [1.807, 2.05) is 0 Å². The minimum atomic E-state index is 0.0330. The first-order chi connectivity index (χ1) is 7.35. The third-order valence-electron chi connectivity index (χ3n) is 3.21. The number of nitrogens with two attached hydrogens (primary N) is 1.